The van der Waals surface area contributed by atoms with Crippen molar-refractivity contribution in [2.45, 2.75) is 13.8 Å². The van der Waals surface area contributed by atoms with E-state index in [0.29, 0.717) is 36.0 Å². The molecule has 0 aliphatic rings. The number of rotatable bonds is 8. The van der Waals surface area contributed by atoms with E-state index in [4.69, 9.17) is 9.47 Å². The molecule has 3 rings (SSSR count). The van der Waals surface area contributed by atoms with Crippen LogP contribution in [0.2, 0.25) is 0 Å². The molecule has 2 aromatic carbocycles. The van der Waals surface area contributed by atoms with E-state index in [1.54, 1.807) is 18.2 Å². The average Bonchev–Trinajstić information content (AvgIpc) is 3.08. The first-order valence-electron chi connectivity index (χ1n) is 9.54. The lowest BCUT2D eigenvalue weighted by Crippen LogP contribution is -2.32. The van der Waals surface area contributed by atoms with Crippen molar-refractivity contribution in [2.75, 3.05) is 25.1 Å². The maximum Gasteiger partial charge on any atom is 0.251 e. The molecule has 0 saturated carbocycles. The topological polar surface area (TPSA) is 81.6 Å². The molecule has 1 aromatic heterocycles. The third kappa shape index (κ3) is 4.87. The van der Waals surface area contributed by atoms with Crippen molar-refractivity contribution in [1.82, 2.24) is 9.88 Å². The number of benzene rings is 2. The van der Waals surface area contributed by atoms with Crippen molar-refractivity contribution < 1.29 is 19.1 Å². The van der Waals surface area contributed by atoms with Crippen LogP contribution < -0.4 is 20.1 Å². The quantitative estimate of drug-likeness (QED) is 0.613. The minimum Gasteiger partial charge on any atom is -0.490 e. The molecule has 152 valence electrons. The number of hydrogen-bond acceptors (Lipinski definition) is 4. The fourth-order valence-corrected chi connectivity index (χ4v) is 3.00. The Kier molecular flexibility index (Phi) is 6.39. The predicted molar refractivity (Wildman–Crippen MR) is 113 cm³/mol. The van der Waals surface area contributed by atoms with Gasteiger partial charge in [-0.05, 0) is 55.6 Å². The second-order valence-electron chi connectivity index (χ2n) is 6.46. The first-order valence-corrected chi connectivity index (χ1v) is 9.54. The fraction of sp³-hybridized carbons (Fsp3) is 0.273. The number of carbonyl (C=O) groups is 2. The van der Waals surface area contributed by atoms with Gasteiger partial charge in [-0.1, -0.05) is 6.07 Å². The summed E-state index contributed by atoms with van der Waals surface area (Å²) in [5.41, 5.74) is 2.10. The number of ether oxygens (including phenoxy) is 2. The lowest BCUT2D eigenvalue weighted by atomic mass is 10.2. The highest BCUT2D eigenvalue weighted by atomic mass is 16.5. The van der Waals surface area contributed by atoms with Crippen LogP contribution in [0.15, 0.2) is 48.7 Å². The summed E-state index contributed by atoms with van der Waals surface area (Å²) in [5.74, 6) is 0.423. The van der Waals surface area contributed by atoms with Crippen LogP contribution in [0, 0.1) is 0 Å². The van der Waals surface area contributed by atoms with Crippen LogP contribution in [-0.4, -0.2) is 36.1 Å². The molecule has 0 atom stereocenters. The number of fused-ring (bicyclic) bond motifs is 1. The molecule has 3 aromatic rings. The number of carbonyl (C=O) groups excluding carboxylic acids is 2. The van der Waals surface area contributed by atoms with Crippen molar-refractivity contribution in [2.24, 2.45) is 7.05 Å². The largest absolute Gasteiger partial charge is 0.490 e. The molecule has 0 saturated heterocycles. The second-order valence-corrected chi connectivity index (χ2v) is 6.46. The van der Waals surface area contributed by atoms with Gasteiger partial charge in [-0.15, -0.1) is 0 Å². The van der Waals surface area contributed by atoms with Crippen LogP contribution >= 0.6 is 0 Å². The zero-order chi connectivity index (χ0) is 20.8. The smallest absolute Gasteiger partial charge is 0.251 e. The normalized spacial score (nSPS) is 10.6. The number of nitrogens with one attached hydrogen (secondary N) is 2. The van der Waals surface area contributed by atoms with E-state index in [9.17, 15) is 9.59 Å². The van der Waals surface area contributed by atoms with Gasteiger partial charge in [0.15, 0.2) is 11.5 Å². The lowest BCUT2D eigenvalue weighted by Gasteiger charge is -2.12. The van der Waals surface area contributed by atoms with Crippen LogP contribution in [0.4, 0.5) is 5.69 Å². The van der Waals surface area contributed by atoms with E-state index in [-0.39, 0.29) is 18.4 Å². The summed E-state index contributed by atoms with van der Waals surface area (Å²) >= 11 is 0. The average molecular weight is 395 g/mol. The molecule has 0 spiro atoms. The van der Waals surface area contributed by atoms with Gasteiger partial charge in [0, 0.05) is 30.0 Å². The highest BCUT2D eigenvalue weighted by Crippen LogP contribution is 2.28. The maximum atomic E-state index is 12.4. The standard InChI is InChI=1S/C22H25N3O4/c1-4-28-19-9-7-16(12-20(19)29-5-2)22(27)23-14-21(26)24-17-8-6-15-10-11-25(3)18(15)13-17/h6-13H,4-5,14H2,1-3H3,(H,23,27)(H,24,26). The van der Waals surface area contributed by atoms with Crippen molar-refractivity contribution in [3.05, 3.63) is 54.2 Å². The molecule has 0 fully saturated rings. The molecule has 29 heavy (non-hydrogen) atoms. The van der Waals surface area contributed by atoms with Crippen LogP contribution in [0.1, 0.15) is 24.2 Å². The maximum absolute atomic E-state index is 12.4. The summed E-state index contributed by atoms with van der Waals surface area (Å²) in [7, 11) is 1.95. The summed E-state index contributed by atoms with van der Waals surface area (Å²) < 4.78 is 13.0. The van der Waals surface area contributed by atoms with E-state index in [2.05, 4.69) is 10.6 Å². The number of nitrogens with zero attached hydrogens (tertiary/aromatic N) is 1. The van der Waals surface area contributed by atoms with Gasteiger partial charge in [0.25, 0.3) is 5.91 Å². The molecule has 1 heterocycles. The van der Waals surface area contributed by atoms with Crippen LogP contribution in [0.3, 0.4) is 0 Å². The third-order valence-electron chi connectivity index (χ3n) is 4.39. The van der Waals surface area contributed by atoms with E-state index < -0.39 is 0 Å². The predicted octanol–water partition coefficient (Wildman–Crippen LogP) is 3.34. The Hall–Kier alpha value is -3.48. The van der Waals surface area contributed by atoms with Crippen molar-refractivity contribution in [1.29, 1.82) is 0 Å². The van der Waals surface area contributed by atoms with E-state index in [1.807, 2.05) is 55.9 Å². The minimum atomic E-state index is -0.359. The SMILES string of the molecule is CCOc1ccc(C(=O)NCC(=O)Nc2ccc3ccn(C)c3c2)cc1OCC. The summed E-state index contributed by atoms with van der Waals surface area (Å²) in [5, 5.41) is 6.53. The van der Waals surface area contributed by atoms with Gasteiger partial charge in [0.1, 0.15) is 0 Å². The summed E-state index contributed by atoms with van der Waals surface area (Å²) in [4.78, 5) is 24.7. The number of aryl methyl sites for hydroxylation is 1. The first kappa shape index (κ1) is 20.3. The minimum absolute atomic E-state index is 0.138. The Morgan fingerprint density at radius 1 is 0.966 bits per heavy atom. The zero-order valence-electron chi connectivity index (χ0n) is 16.8. The molecule has 0 bridgehead atoms. The monoisotopic (exact) mass is 395 g/mol. The second kappa shape index (κ2) is 9.14. The Balaban J connectivity index is 1.61. The number of amides is 2. The first-order chi connectivity index (χ1) is 14.0. The highest BCUT2D eigenvalue weighted by molar-refractivity contribution is 6.00. The van der Waals surface area contributed by atoms with E-state index in [1.165, 1.54) is 0 Å². The van der Waals surface area contributed by atoms with E-state index in [0.717, 1.165) is 10.9 Å². The molecule has 0 radical (unpaired) electrons. The van der Waals surface area contributed by atoms with Crippen LogP contribution in [0.5, 0.6) is 11.5 Å². The zero-order valence-corrected chi connectivity index (χ0v) is 16.8. The summed E-state index contributed by atoms with van der Waals surface area (Å²) in [6, 6.07) is 12.6. The number of hydrogen-bond donors (Lipinski definition) is 2. The number of anilines is 1. The van der Waals surface area contributed by atoms with Gasteiger partial charge in [0.05, 0.1) is 19.8 Å². The molecular weight excluding hydrogens is 370 g/mol. The van der Waals surface area contributed by atoms with Crippen molar-refractivity contribution in [3.8, 4) is 11.5 Å². The van der Waals surface area contributed by atoms with Gasteiger partial charge in [-0.2, -0.15) is 0 Å². The van der Waals surface area contributed by atoms with Gasteiger partial charge < -0.3 is 24.7 Å². The molecule has 7 nitrogen and oxygen atoms in total. The molecule has 0 aliphatic carbocycles. The lowest BCUT2D eigenvalue weighted by molar-refractivity contribution is -0.115. The Labute approximate surface area is 169 Å². The fourth-order valence-electron chi connectivity index (χ4n) is 3.00. The highest BCUT2D eigenvalue weighted by Gasteiger charge is 2.13. The summed E-state index contributed by atoms with van der Waals surface area (Å²) in [6.07, 6.45) is 1.96. The molecule has 7 heteroatoms. The van der Waals surface area contributed by atoms with Gasteiger partial charge in [0.2, 0.25) is 5.91 Å². The van der Waals surface area contributed by atoms with Crippen LogP contribution in [-0.2, 0) is 11.8 Å². The van der Waals surface area contributed by atoms with Crippen molar-refractivity contribution in [3.63, 3.8) is 0 Å². The molecule has 0 aliphatic heterocycles. The van der Waals surface area contributed by atoms with Crippen LogP contribution in [0.25, 0.3) is 10.9 Å². The summed E-state index contributed by atoms with van der Waals surface area (Å²) in [6.45, 7) is 4.56. The van der Waals surface area contributed by atoms with Gasteiger partial charge in [-0.3, -0.25) is 9.59 Å². The molecule has 2 N–H and O–H groups in total. The van der Waals surface area contributed by atoms with E-state index >= 15 is 0 Å². The Morgan fingerprint density at radius 2 is 1.72 bits per heavy atom. The van der Waals surface area contributed by atoms with Gasteiger partial charge in [-0.25, -0.2) is 0 Å². The third-order valence-corrected chi connectivity index (χ3v) is 4.39. The number of aromatic nitrogens is 1. The van der Waals surface area contributed by atoms with Crippen molar-refractivity contribution >= 4 is 28.4 Å². The molecule has 2 amide bonds. The van der Waals surface area contributed by atoms with Gasteiger partial charge >= 0.3 is 0 Å². The Bertz CT molecular complexity index is 1030. The Morgan fingerprint density at radius 3 is 2.48 bits per heavy atom. The molecule has 0 unspecified atom stereocenters. The molecular formula is C22H25N3O4.